The monoisotopic (exact) mass is 297 g/mol. The molecule has 112 valence electrons. The summed E-state index contributed by atoms with van der Waals surface area (Å²) in [6, 6.07) is 1.76. The molecule has 1 aromatic rings. The maximum Gasteiger partial charge on any atom is 0.232 e. The summed E-state index contributed by atoms with van der Waals surface area (Å²) in [5.41, 5.74) is 2.54. The molecule has 1 heterocycles. The van der Waals surface area contributed by atoms with Crippen LogP contribution < -0.4 is 11.3 Å². The minimum absolute atomic E-state index is 0.118. The maximum absolute atomic E-state index is 12.0. The van der Waals surface area contributed by atoms with E-state index in [9.17, 15) is 4.79 Å². The second-order valence-electron chi connectivity index (χ2n) is 4.60. The number of hydrazine groups is 1. The van der Waals surface area contributed by atoms with Gasteiger partial charge in [0.2, 0.25) is 5.91 Å². The van der Waals surface area contributed by atoms with Crippen molar-refractivity contribution in [2.45, 2.75) is 38.6 Å². The third-order valence-corrected chi connectivity index (χ3v) is 3.74. The Balaban J connectivity index is 2.77. The number of thioether (sulfide) groups is 1. The number of carbonyl (C=O) groups excluding carboxylic acids is 1. The molecule has 0 radical (unpaired) electrons. The van der Waals surface area contributed by atoms with Crippen LogP contribution >= 0.6 is 11.8 Å². The Kier molecular flexibility index (Phi) is 6.74. The smallest absolute Gasteiger partial charge is 0.232 e. The van der Waals surface area contributed by atoms with Gasteiger partial charge in [0.05, 0.1) is 5.75 Å². The molecule has 0 fully saturated rings. The molecule has 0 aliphatic carbocycles. The average molecular weight is 297 g/mol. The molecular weight excluding hydrogens is 274 g/mol. The number of rotatable bonds is 7. The molecule has 6 nitrogen and oxygen atoms in total. The van der Waals surface area contributed by atoms with E-state index < -0.39 is 0 Å². The Morgan fingerprint density at radius 1 is 1.40 bits per heavy atom. The number of nitrogens with zero attached hydrogens (tertiary/aromatic N) is 3. The lowest BCUT2D eigenvalue weighted by Crippen LogP contribution is -2.31. The lowest BCUT2D eigenvalue weighted by molar-refractivity contribution is -0.127. The number of hydrogen-bond acceptors (Lipinski definition) is 6. The first-order chi connectivity index (χ1) is 9.51. The highest BCUT2D eigenvalue weighted by Gasteiger charge is 2.12. The first-order valence-electron chi connectivity index (χ1n) is 6.77. The van der Waals surface area contributed by atoms with Crippen LogP contribution in [0.3, 0.4) is 0 Å². The van der Waals surface area contributed by atoms with E-state index in [0.717, 1.165) is 23.9 Å². The number of hydrogen-bond donors (Lipinski definition) is 2. The molecule has 0 saturated heterocycles. The molecule has 0 bridgehead atoms. The lowest BCUT2D eigenvalue weighted by Gasteiger charge is -2.18. The largest absolute Gasteiger partial charge is 0.343 e. The number of nitrogen functional groups attached to an aromatic ring is 1. The van der Waals surface area contributed by atoms with Gasteiger partial charge in [0.25, 0.3) is 0 Å². The maximum atomic E-state index is 12.0. The quantitative estimate of drug-likeness (QED) is 0.346. The topological polar surface area (TPSA) is 84.1 Å². The number of aromatic nitrogens is 2. The predicted molar refractivity (Wildman–Crippen MR) is 82.6 cm³/mol. The molecule has 1 amide bonds. The van der Waals surface area contributed by atoms with Gasteiger partial charge in [-0.1, -0.05) is 25.6 Å². The summed E-state index contributed by atoms with van der Waals surface area (Å²) < 4.78 is 0. The van der Waals surface area contributed by atoms with Gasteiger partial charge >= 0.3 is 0 Å². The molecular formula is C13H23N5OS. The zero-order valence-corrected chi connectivity index (χ0v) is 13.3. The first kappa shape index (κ1) is 16.7. The van der Waals surface area contributed by atoms with E-state index in [4.69, 9.17) is 5.84 Å². The van der Waals surface area contributed by atoms with Gasteiger partial charge < -0.3 is 10.3 Å². The van der Waals surface area contributed by atoms with E-state index in [0.29, 0.717) is 11.6 Å². The van der Waals surface area contributed by atoms with Gasteiger partial charge in [0.1, 0.15) is 16.7 Å². The highest BCUT2D eigenvalue weighted by atomic mass is 32.2. The fourth-order valence-corrected chi connectivity index (χ4v) is 2.46. The molecule has 1 rings (SSSR count). The third-order valence-electron chi connectivity index (χ3n) is 2.84. The van der Waals surface area contributed by atoms with Crippen LogP contribution in [0.15, 0.2) is 11.1 Å². The van der Waals surface area contributed by atoms with E-state index in [1.807, 2.05) is 27.7 Å². The number of anilines is 1. The average Bonchev–Trinajstić information content (AvgIpc) is 2.45. The Hall–Kier alpha value is -1.34. The number of nitrogens with one attached hydrogen (secondary N) is 1. The summed E-state index contributed by atoms with van der Waals surface area (Å²) in [6.07, 6.45) is 0. The normalized spacial score (nSPS) is 10.7. The summed E-state index contributed by atoms with van der Waals surface area (Å²) >= 11 is 1.41. The summed E-state index contributed by atoms with van der Waals surface area (Å²) in [5.74, 6) is 7.40. The molecule has 0 saturated carbocycles. The van der Waals surface area contributed by atoms with Gasteiger partial charge in [-0.25, -0.2) is 15.8 Å². The molecule has 0 aliphatic heterocycles. The fourth-order valence-electron chi connectivity index (χ4n) is 1.65. The Morgan fingerprint density at radius 2 is 2.05 bits per heavy atom. The minimum atomic E-state index is 0.118. The highest BCUT2D eigenvalue weighted by molar-refractivity contribution is 7.99. The van der Waals surface area contributed by atoms with Crippen LogP contribution in [0.2, 0.25) is 0 Å². The van der Waals surface area contributed by atoms with Gasteiger partial charge in [-0.05, 0) is 13.8 Å². The molecule has 0 aromatic carbocycles. The number of carbonyl (C=O) groups is 1. The van der Waals surface area contributed by atoms with E-state index in [1.54, 1.807) is 11.0 Å². The summed E-state index contributed by atoms with van der Waals surface area (Å²) in [7, 11) is 0. The predicted octanol–water partition coefficient (Wildman–Crippen LogP) is 1.85. The van der Waals surface area contributed by atoms with Crippen molar-refractivity contribution >= 4 is 23.5 Å². The number of amides is 1. The van der Waals surface area contributed by atoms with Gasteiger partial charge in [-0.15, -0.1) is 0 Å². The van der Waals surface area contributed by atoms with Crippen molar-refractivity contribution in [3.8, 4) is 0 Å². The molecule has 7 heteroatoms. The van der Waals surface area contributed by atoms with Crippen LogP contribution in [0.5, 0.6) is 0 Å². The second kappa shape index (κ2) is 8.06. The second-order valence-corrected chi connectivity index (χ2v) is 5.60. The van der Waals surface area contributed by atoms with Crippen molar-refractivity contribution in [2.24, 2.45) is 5.84 Å². The van der Waals surface area contributed by atoms with Crippen molar-refractivity contribution in [1.29, 1.82) is 0 Å². The van der Waals surface area contributed by atoms with Gasteiger partial charge in [-0.3, -0.25) is 4.79 Å². The van der Waals surface area contributed by atoms with Gasteiger partial charge in [0, 0.05) is 25.1 Å². The van der Waals surface area contributed by atoms with Crippen molar-refractivity contribution in [1.82, 2.24) is 14.9 Å². The Bertz CT molecular complexity index is 448. The highest BCUT2D eigenvalue weighted by Crippen LogP contribution is 2.21. The lowest BCUT2D eigenvalue weighted by atomic mass is 10.2. The van der Waals surface area contributed by atoms with Crippen molar-refractivity contribution in [3.63, 3.8) is 0 Å². The van der Waals surface area contributed by atoms with Crippen LogP contribution in [-0.4, -0.2) is 39.6 Å². The fraction of sp³-hybridized carbons (Fsp3) is 0.615. The van der Waals surface area contributed by atoms with E-state index in [1.165, 1.54) is 11.8 Å². The van der Waals surface area contributed by atoms with Crippen LogP contribution in [0.4, 0.5) is 5.82 Å². The van der Waals surface area contributed by atoms with Crippen molar-refractivity contribution < 1.29 is 4.79 Å². The van der Waals surface area contributed by atoms with Crippen molar-refractivity contribution in [2.75, 3.05) is 24.3 Å². The summed E-state index contributed by atoms with van der Waals surface area (Å²) in [6.45, 7) is 9.45. The third kappa shape index (κ3) is 4.64. The first-order valence-corrected chi connectivity index (χ1v) is 7.76. The molecule has 0 spiro atoms. The Labute approximate surface area is 124 Å². The van der Waals surface area contributed by atoms with Crippen LogP contribution in [0, 0.1) is 0 Å². The molecule has 1 aromatic heterocycles. The molecule has 0 atom stereocenters. The van der Waals surface area contributed by atoms with E-state index in [-0.39, 0.29) is 11.8 Å². The zero-order valence-electron chi connectivity index (χ0n) is 12.5. The van der Waals surface area contributed by atoms with E-state index >= 15 is 0 Å². The van der Waals surface area contributed by atoms with Crippen LogP contribution in [0.25, 0.3) is 0 Å². The molecule has 3 N–H and O–H groups in total. The molecule has 0 aliphatic rings. The molecule has 20 heavy (non-hydrogen) atoms. The van der Waals surface area contributed by atoms with Gasteiger partial charge in [-0.2, -0.15) is 0 Å². The van der Waals surface area contributed by atoms with Crippen molar-refractivity contribution in [3.05, 3.63) is 11.9 Å². The zero-order chi connectivity index (χ0) is 15.1. The standard InChI is InChI=1S/C13H23N5OS/c1-5-18(6-2)12(19)8-20-11-7-10(17-14)15-13(16-11)9(3)4/h7,9H,5-6,8,14H2,1-4H3,(H,15,16,17). The summed E-state index contributed by atoms with van der Waals surface area (Å²) in [5, 5.41) is 0.761. The van der Waals surface area contributed by atoms with Crippen LogP contribution in [-0.2, 0) is 4.79 Å². The molecule has 0 unspecified atom stereocenters. The van der Waals surface area contributed by atoms with E-state index in [2.05, 4.69) is 15.4 Å². The SMILES string of the molecule is CCN(CC)C(=O)CSc1cc(NN)nc(C(C)C)n1. The van der Waals surface area contributed by atoms with Gasteiger partial charge in [0.15, 0.2) is 0 Å². The summed E-state index contributed by atoms with van der Waals surface area (Å²) in [4.78, 5) is 22.5. The number of nitrogens with two attached hydrogens (primary N) is 1. The minimum Gasteiger partial charge on any atom is -0.343 e. The Morgan fingerprint density at radius 3 is 2.55 bits per heavy atom. The van der Waals surface area contributed by atoms with Crippen LogP contribution in [0.1, 0.15) is 39.4 Å².